The van der Waals surface area contributed by atoms with Gasteiger partial charge in [-0.15, -0.1) is 0 Å². The highest BCUT2D eigenvalue weighted by Crippen LogP contribution is 2.17. The Bertz CT molecular complexity index is 666. The predicted octanol–water partition coefficient (Wildman–Crippen LogP) is 2.94. The van der Waals surface area contributed by atoms with Gasteiger partial charge in [-0.05, 0) is 37.0 Å². The van der Waals surface area contributed by atoms with Gasteiger partial charge in [0.1, 0.15) is 17.3 Å². The largest absolute Gasteiger partial charge is 0.368 e. The molecule has 2 N–H and O–H groups in total. The fourth-order valence-corrected chi connectivity index (χ4v) is 2.85. The summed E-state index contributed by atoms with van der Waals surface area (Å²) in [7, 11) is 0. The van der Waals surface area contributed by atoms with Gasteiger partial charge < -0.3 is 10.6 Å². The monoisotopic (exact) mass is 328 g/mol. The van der Waals surface area contributed by atoms with Crippen molar-refractivity contribution >= 4 is 11.7 Å². The minimum Gasteiger partial charge on any atom is -0.368 e. The summed E-state index contributed by atoms with van der Waals surface area (Å²) >= 11 is 0. The minimum atomic E-state index is -0.232. The maximum absolute atomic E-state index is 12.8. The van der Waals surface area contributed by atoms with Crippen LogP contribution in [0.25, 0.3) is 0 Å². The van der Waals surface area contributed by atoms with Crippen molar-refractivity contribution in [2.45, 2.75) is 38.1 Å². The number of hydrogen-bond acceptors (Lipinski definition) is 4. The van der Waals surface area contributed by atoms with Crippen molar-refractivity contribution in [2.75, 3.05) is 11.9 Å². The van der Waals surface area contributed by atoms with Gasteiger partial charge in [-0.3, -0.25) is 4.79 Å². The van der Waals surface area contributed by atoms with E-state index < -0.39 is 0 Å². The number of nitrogens with one attached hydrogen (secondary N) is 2. The number of carbonyl (C=O) groups is 1. The van der Waals surface area contributed by atoms with E-state index in [0.717, 1.165) is 24.8 Å². The molecule has 5 nitrogen and oxygen atoms in total. The molecule has 0 aliphatic heterocycles. The number of halogens is 1. The van der Waals surface area contributed by atoms with Crippen LogP contribution in [-0.2, 0) is 6.42 Å². The first-order chi connectivity index (χ1) is 11.7. The first-order valence-electron chi connectivity index (χ1n) is 8.32. The van der Waals surface area contributed by atoms with E-state index in [1.54, 1.807) is 18.3 Å². The molecule has 126 valence electrons. The Morgan fingerprint density at radius 3 is 2.54 bits per heavy atom. The van der Waals surface area contributed by atoms with E-state index in [1.165, 1.54) is 31.2 Å². The maximum atomic E-state index is 12.8. The zero-order chi connectivity index (χ0) is 16.8. The second-order valence-corrected chi connectivity index (χ2v) is 6.04. The zero-order valence-corrected chi connectivity index (χ0v) is 13.5. The summed E-state index contributed by atoms with van der Waals surface area (Å²) < 4.78 is 12.8. The van der Waals surface area contributed by atoms with Crippen LogP contribution in [0.4, 0.5) is 10.2 Å². The first-order valence-corrected chi connectivity index (χ1v) is 8.32. The molecule has 0 unspecified atom stereocenters. The van der Waals surface area contributed by atoms with Gasteiger partial charge >= 0.3 is 0 Å². The van der Waals surface area contributed by atoms with Crippen LogP contribution in [-0.4, -0.2) is 28.5 Å². The fourth-order valence-electron chi connectivity index (χ4n) is 2.85. The van der Waals surface area contributed by atoms with E-state index in [9.17, 15) is 9.18 Å². The van der Waals surface area contributed by atoms with E-state index in [2.05, 4.69) is 20.6 Å². The highest BCUT2D eigenvalue weighted by molar-refractivity contribution is 5.92. The molecule has 1 aliphatic rings. The summed E-state index contributed by atoms with van der Waals surface area (Å²) in [6.07, 6.45) is 8.25. The second kappa shape index (κ2) is 7.86. The highest BCUT2D eigenvalue weighted by Gasteiger charge is 2.18. The van der Waals surface area contributed by atoms with Gasteiger partial charge in [-0.1, -0.05) is 25.0 Å². The van der Waals surface area contributed by atoms with Gasteiger partial charge in [0, 0.05) is 12.6 Å². The maximum Gasteiger partial charge on any atom is 0.271 e. The fraction of sp³-hybridized carbons (Fsp3) is 0.389. The number of rotatable bonds is 6. The number of aromatic nitrogens is 2. The smallest absolute Gasteiger partial charge is 0.271 e. The number of nitrogens with zero attached hydrogens (tertiary/aromatic N) is 2. The van der Waals surface area contributed by atoms with Crippen LogP contribution in [0.3, 0.4) is 0 Å². The molecule has 2 aromatic rings. The van der Waals surface area contributed by atoms with Crippen molar-refractivity contribution in [2.24, 2.45) is 0 Å². The standard InChI is InChI=1S/C18H21FN4O/c19-14-7-5-13(6-8-14)9-10-20-17-12-21-16(11-22-17)18(24)23-15-3-1-2-4-15/h5-8,11-12,15H,1-4,9-10H2,(H,20,22)(H,23,24). The predicted molar refractivity (Wildman–Crippen MR) is 90.3 cm³/mol. The summed E-state index contributed by atoms with van der Waals surface area (Å²) in [5, 5.41) is 6.14. The Morgan fingerprint density at radius 2 is 1.88 bits per heavy atom. The van der Waals surface area contributed by atoms with Crippen LogP contribution in [0.5, 0.6) is 0 Å². The van der Waals surface area contributed by atoms with Gasteiger partial charge in [0.15, 0.2) is 0 Å². The van der Waals surface area contributed by atoms with E-state index in [1.807, 2.05) is 0 Å². The van der Waals surface area contributed by atoms with Crippen molar-refractivity contribution in [3.63, 3.8) is 0 Å². The quantitative estimate of drug-likeness (QED) is 0.855. The Balaban J connectivity index is 1.47. The molecule has 1 heterocycles. The lowest BCUT2D eigenvalue weighted by Gasteiger charge is -2.11. The molecule has 1 saturated carbocycles. The van der Waals surface area contributed by atoms with Crippen LogP contribution in [0.2, 0.25) is 0 Å². The van der Waals surface area contributed by atoms with Crippen LogP contribution in [0, 0.1) is 5.82 Å². The van der Waals surface area contributed by atoms with Crippen LogP contribution in [0.15, 0.2) is 36.7 Å². The number of hydrogen-bond donors (Lipinski definition) is 2. The molecule has 0 bridgehead atoms. The number of carbonyl (C=O) groups excluding carboxylic acids is 1. The molecule has 0 radical (unpaired) electrons. The van der Waals surface area contributed by atoms with Crippen molar-refractivity contribution in [1.82, 2.24) is 15.3 Å². The summed E-state index contributed by atoms with van der Waals surface area (Å²) in [4.78, 5) is 20.5. The highest BCUT2D eigenvalue weighted by atomic mass is 19.1. The Hall–Kier alpha value is -2.50. The normalized spacial score (nSPS) is 14.5. The molecule has 1 aromatic heterocycles. The Labute approximate surface area is 140 Å². The lowest BCUT2D eigenvalue weighted by atomic mass is 10.1. The van der Waals surface area contributed by atoms with Gasteiger partial charge in [0.25, 0.3) is 5.91 Å². The molecule has 1 amide bonds. The SMILES string of the molecule is O=C(NC1CCCC1)c1cnc(NCCc2ccc(F)cc2)cn1. The number of amides is 1. The Kier molecular flexibility index (Phi) is 5.36. The summed E-state index contributed by atoms with van der Waals surface area (Å²) in [6, 6.07) is 6.70. The third kappa shape index (κ3) is 4.50. The van der Waals surface area contributed by atoms with Crippen molar-refractivity contribution < 1.29 is 9.18 Å². The number of anilines is 1. The van der Waals surface area contributed by atoms with Gasteiger partial charge in [0.05, 0.1) is 12.4 Å². The molecule has 24 heavy (non-hydrogen) atoms. The summed E-state index contributed by atoms with van der Waals surface area (Å²) in [5.41, 5.74) is 1.38. The van der Waals surface area contributed by atoms with E-state index in [4.69, 9.17) is 0 Å². The van der Waals surface area contributed by atoms with Gasteiger partial charge in [-0.2, -0.15) is 0 Å². The van der Waals surface area contributed by atoms with Crippen molar-refractivity contribution in [3.8, 4) is 0 Å². The molecular formula is C18H21FN4O. The number of benzene rings is 1. The molecule has 0 spiro atoms. The minimum absolute atomic E-state index is 0.160. The van der Waals surface area contributed by atoms with Gasteiger partial charge in [-0.25, -0.2) is 14.4 Å². The zero-order valence-electron chi connectivity index (χ0n) is 13.5. The lowest BCUT2D eigenvalue weighted by molar-refractivity contribution is 0.0932. The molecule has 1 aromatic carbocycles. The molecule has 6 heteroatoms. The van der Waals surface area contributed by atoms with E-state index >= 15 is 0 Å². The van der Waals surface area contributed by atoms with Crippen molar-refractivity contribution in [3.05, 3.63) is 53.7 Å². The first kappa shape index (κ1) is 16.4. The molecular weight excluding hydrogens is 307 g/mol. The lowest BCUT2D eigenvalue weighted by Crippen LogP contribution is -2.33. The van der Waals surface area contributed by atoms with Crippen LogP contribution >= 0.6 is 0 Å². The van der Waals surface area contributed by atoms with Crippen LogP contribution in [0.1, 0.15) is 41.7 Å². The molecule has 3 rings (SSSR count). The summed E-state index contributed by atoms with van der Waals surface area (Å²) in [5.74, 6) is 0.228. The molecule has 0 saturated heterocycles. The summed E-state index contributed by atoms with van der Waals surface area (Å²) in [6.45, 7) is 0.661. The second-order valence-electron chi connectivity index (χ2n) is 6.04. The van der Waals surface area contributed by atoms with Crippen LogP contribution < -0.4 is 10.6 Å². The van der Waals surface area contributed by atoms with E-state index in [-0.39, 0.29) is 17.8 Å². The molecule has 1 aliphatic carbocycles. The third-order valence-electron chi connectivity index (χ3n) is 4.21. The van der Waals surface area contributed by atoms with E-state index in [0.29, 0.717) is 18.1 Å². The van der Waals surface area contributed by atoms with Gasteiger partial charge in [0.2, 0.25) is 0 Å². The average Bonchev–Trinajstić information content (AvgIpc) is 3.10. The topological polar surface area (TPSA) is 66.9 Å². The van der Waals surface area contributed by atoms with Crippen molar-refractivity contribution in [1.29, 1.82) is 0 Å². The average molecular weight is 328 g/mol. The third-order valence-corrected chi connectivity index (χ3v) is 4.21. The Morgan fingerprint density at radius 1 is 1.12 bits per heavy atom. The molecule has 0 atom stereocenters. The molecule has 1 fully saturated rings.